The Balaban J connectivity index is 1.44. The van der Waals surface area contributed by atoms with Crippen molar-refractivity contribution in [2.75, 3.05) is 18.4 Å². The highest BCUT2D eigenvalue weighted by molar-refractivity contribution is 7.89. The summed E-state index contributed by atoms with van der Waals surface area (Å²) in [6.07, 6.45) is 0.590. The Bertz CT molecular complexity index is 1190. The fourth-order valence-electron chi connectivity index (χ4n) is 3.65. The summed E-state index contributed by atoms with van der Waals surface area (Å²) in [4.78, 5) is 13.2. The Labute approximate surface area is 183 Å². The molecule has 1 aromatic heterocycles. The lowest BCUT2D eigenvalue weighted by molar-refractivity contribution is -0.120. The molecule has 0 atom stereocenters. The smallest absolute Gasteiger partial charge is 0.246 e. The molecule has 1 N–H and O–H groups in total. The Kier molecular flexibility index (Phi) is 6.17. The molecule has 0 bridgehead atoms. The van der Waals surface area contributed by atoms with Crippen LogP contribution in [-0.2, 0) is 14.8 Å². The maximum atomic E-state index is 14.0. The highest BCUT2D eigenvalue weighted by atomic mass is 32.2. The van der Waals surface area contributed by atoms with Crippen LogP contribution < -0.4 is 5.32 Å². The first-order chi connectivity index (χ1) is 14.9. The summed E-state index contributed by atoms with van der Waals surface area (Å²) >= 11 is 1.57. The zero-order chi connectivity index (χ0) is 22.0. The molecular weight excluding hydrogens is 442 g/mol. The number of nitrogens with zero attached hydrogens (tertiary/aromatic N) is 1. The molecule has 1 saturated heterocycles. The number of halogens is 2. The quantitative estimate of drug-likeness (QED) is 0.596. The highest BCUT2D eigenvalue weighted by Crippen LogP contribution is 2.32. The first kappa shape index (κ1) is 21.6. The molecule has 2 aromatic carbocycles. The number of hydrogen-bond donors (Lipinski definition) is 1. The molecule has 0 unspecified atom stereocenters. The van der Waals surface area contributed by atoms with Crippen molar-refractivity contribution in [1.29, 1.82) is 0 Å². The van der Waals surface area contributed by atoms with Gasteiger partial charge >= 0.3 is 0 Å². The zero-order valence-corrected chi connectivity index (χ0v) is 18.1. The molecule has 1 fully saturated rings. The Morgan fingerprint density at radius 3 is 2.48 bits per heavy atom. The zero-order valence-electron chi connectivity index (χ0n) is 16.4. The topological polar surface area (TPSA) is 66.5 Å². The van der Waals surface area contributed by atoms with Crippen molar-refractivity contribution in [3.8, 4) is 10.4 Å². The number of benzene rings is 2. The lowest BCUT2D eigenvalue weighted by atomic mass is 9.97. The summed E-state index contributed by atoms with van der Waals surface area (Å²) in [6, 6.07) is 13.8. The van der Waals surface area contributed by atoms with Crippen molar-refractivity contribution >= 4 is 33.0 Å². The van der Waals surface area contributed by atoms with Crippen LogP contribution in [0.4, 0.5) is 14.5 Å². The van der Waals surface area contributed by atoms with Crippen LogP contribution in [0, 0.1) is 17.6 Å². The third-order valence-electron chi connectivity index (χ3n) is 5.31. The number of thiophene rings is 1. The van der Waals surface area contributed by atoms with Gasteiger partial charge in [0.2, 0.25) is 15.9 Å². The molecule has 1 amide bonds. The van der Waals surface area contributed by atoms with E-state index in [9.17, 15) is 22.0 Å². The van der Waals surface area contributed by atoms with E-state index in [0.717, 1.165) is 26.9 Å². The van der Waals surface area contributed by atoms with Gasteiger partial charge < -0.3 is 5.32 Å². The number of anilines is 1. The first-order valence-corrected chi connectivity index (χ1v) is 12.1. The second kappa shape index (κ2) is 8.86. The number of carbonyl (C=O) groups excluding carboxylic acids is 1. The molecule has 3 aromatic rings. The summed E-state index contributed by atoms with van der Waals surface area (Å²) in [5.74, 6) is -2.37. The van der Waals surface area contributed by atoms with Gasteiger partial charge in [0.25, 0.3) is 0 Å². The van der Waals surface area contributed by atoms with Crippen molar-refractivity contribution < 1.29 is 22.0 Å². The molecular formula is C22H20F2N2O3S2. The van der Waals surface area contributed by atoms with Crippen molar-refractivity contribution in [2.45, 2.75) is 17.7 Å². The second-order valence-corrected chi connectivity index (χ2v) is 10.1. The summed E-state index contributed by atoms with van der Waals surface area (Å²) in [7, 11) is -4.17. The maximum Gasteiger partial charge on any atom is 0.246 e. The molecule has 162 valence electrons. The molecule has 31 heavy (non-hydrogen) atoms. The number of carbonyl (C=O) groups is 1. The standard InChI is InChI=1S/C22H20F2N2O3S2/c23-16-7-8-18(24)21(14-16)31(28,29)26-11-9-15(10-12-26)22(27)25-19-5-2-1-4-17(19)20-6-3-13-30-20/h1-8,13-15H,9-12H2,(H,25,27). The van der Waals surface area contributed by atoms with E-state index in [1.54, 1.807) is 11.3 Å². The minimum atomic E-state index is -4.17. The second-order valence-electron chi connectivity index (χ2n) is 7.27. The molecule has 1 aliphatic rings. The van der Waals surface area contributed by atoms with Crippen LogP contribution in [0.3, 0.4) is 0 Å². The van der Waals surface area contributed by atoms with Gasteiger partial charge in [-0.2, -0.15) is 4.31 Å². The van der Waals surface area contributed by atoms with E-state index in [2.05, 4.69) is 5.32 Å². The molecule has 5 nitrogen and oxygen atoms in total. The lowest BCUT2D eigenvalue weighted by Gasteiger charge is -2.30. The normalized spacial score (nSPS) is 15.7. The predicted octanol–water partition coefficient (Wildman–Crippen LogP) is 4.73. The third kappa shape index (κ3) is 4.53. The number of hydrogen-bond acceptors (Lipinski definition) is 4. The van der Waals surface area contributed by atoms with Crippen molar-refractivity contribution in [2.24, 2.45) is 5.92 Å². The molecule has 0 saturated carbocycles. The summed E-state index contributed by atoms with van der Waals surface area (Å²) < 4.78 is 54.0. The number of nitrogens with one attached hydrogen (secondary N) is 1. The fraction of sp³-hybridized carbons (Fsp3) is 0.227. The minimum Gasteiger partial charge on any atom is -0.325 e. The number of rotatable bonds is 5. The Morgan fingerprint density at radius 2 is 1.77 bits per heavy atom. The van der Waals surface area contributed by atoms with E-state index >= 15 is 0 Å². The average Bonchev–Trinajstić information content (AvgIpc) is 3.30. The summed E-state index contributed by atoms with van der Waals surface area (Å²) in [5.41, 5.74) is 1.62. The van der Waals surface area contributed by atoms with Gasteiger partial charge in [-0.05, 0) is 48.6 Å². The van der Waals surface area contributed by atoms with Gasteiger partial charge in [-0.3, -0.25) is 4.79 Å². The van der Waals surface area contributed by atoms with Gasteiger partial charge in [-0.1, -0.05) is 24.3 Å². The molecule has 1 aliphatic heterocycles. The largest absolute Gasteiger partial charge is 0.325 e. The fourth-order valence-corrected chi connectivity index (χ4v) is 5.96. The molecule has 9 heteroatoms. The van der Waals surface area contributed by atoms with E-state index in [1.807, 2.05) is 41.8 Å². The van der Waals surface area contributed by atoms with E-state index in [-0.39, 0.29) is 24.9 Å². The first-order valence-electron chi connectivity index (χ1n) is 9.75. The Hall–Kier alpha value is -2.62. The number of sulfonamides is 1. The van der Waals surface area contributed by atoms with E-state index < -0.39 is 26.6 Å². The van der Waals surface area contributed by atoms with Crippen LogP contribution in [0.25, 0.3) is 10.4 Å². The van der Waals surface area contributed by atoms with Crippen molar-refractivity contribution in [3.05, 3.63) is 71.6 Å². The maximum absolute atomic E-state index is 14.0. The van der Waals surface area contributed by atoms with E-state index in [4.69, 9.17) is 0 Å². The minimum absolute atomic E-state index is 0.0585. The van der Waals surface area contributed by atoms with Gasteiger partial charge in [-0.15, -0.1) is 11.3 Å². The molecule has 4 rings (SSSR count). The SMILES string of the molecule is O=C(Nc1ccccc1-c1cccs1)C1CCN(S(=O)(=O)c2cc(F)ccc2F)CC1. The summed E-state index contributed by atoms with van der Waals surface area (Å²) in [5, 5.41) is 4.92. The van der Waals surface area contributed by atoms with Crippen LogP contribution in [0.5, 0.6) is 0 Å². The van der Waals surface area contributed by atoms with Gasteiger partial charge in [-0.25, -0.2) is 17.2 Å². The molecule has 0 spiro atoms. The van der Waals surface area contributed by atoms with Crippen molar-refractivity contribution in [3.63, 3.8) is 0 Å². The van der Waals surface area contributed by atoms with Gasteiger partial charge in [0, 0.05) is 35.1 Å². The Morgan fingerprint density at radius 1 is 1.03 bits per heavy atom. The van der Waals surface area contributed by atoms with Crippen LogP contribution in [0.2, 0.25) is 0 Å². The van der Waals surface area contributed by atoms with Gasteiger partial charge in [0.1, 0.15) is 16.5 Å². The number of piperidine rings is 1. The van der Waals surface area contributed by atoms with Crippen LogP contribution >= 0.6 is 11.3 Å². The van der Waals surface area contributed by atoms with Crippen LogP contribution in [0.15, 0.2) is 64.9 Å². The summed E-state index contributed by atoms with van der Waals surface area (Å²) in [6.45, 7) is 0.117. The predicted molar refractivity (Wildman–Crippen MR) is 116 cm³/mol. The molecule has 2 heterocycles. The van der Waals surface area contributed by atoms with Crippen LogP contribution in [-0.4, -0.2) is 31.7 Å². The van der Waals surface area contributed by atoms with E-state index in [1.165, 1.54) is 0 Å². The monoisotopic (exact) mass is 462 g/mol. The number of para-hydroxylation sites is 1. The van der Waals surface area contributed by atoms with Gasteiger partial charge in [0.15, 0.2) is 0 Å². The molecule has 0 radical (unpaired) electrons. The lowest BCUT2D eigenvalue weighted by Crippen LogP contribution is -2.41. The average molecular weight is 463 g/mol. The van der Waals surface area contributed by atoms with Crippen molar-refractivity contribution in [1.82, 2.24) is 4.31 Å². The number of amides is 1. The van der Waals surface area contributed by atoms with E-state index in [0.29, 0.717) is 24.6 Å². The highest BCUT2D eigenvalue weighted by Gasteiger charge is 2.34. The van der Waals surface area contributed by atoms with Gasteiger partial charge in [0.05, 0.1) is 0 Å². The third-order valence-corrected chi connectivity index (χ3v) is 8.12. The van der Waals surface area contributed by atoms with Crippen LogP contribution in [0.1, 0.15) is 12.8 Å². The molecule has 0 aliphatic carbocycles.